The average molecular weight is 301 g/mol. The Morgan fingerprint density at radius 3 is 2.85 bits per heavy atom. The molecule has 0 bridgehead atoms. The van der Waals surface area contributed by atoms with Gasteiger partial charge in [-0.2, -0.15) is 0 Å². The lowest BCUT2D eigenvalue weighted by Gasteiger charge is -2.05. The molecule has 0 aliphatic heterocycles. The summed E-state index contributed by atoms with van der Waals surface area (Å²) in [4.78, 5) is 14.1. The van der Waals surface area contributed by atoms with Gasteiger partial charge in [-0.05, 0) is 26.3 Å². The Morgan fingerprint density at radius 1 is 1.55 bits per heavy atom. The van der Waals surface area contributed by atoms with Gasteiger partial charge in [0.1, 0.15) is 0 Å². The second-order valence-corrected chi connectivity index (χ2v) is 4.86. The number of rotatable bonds is 7. The van der Waals surface area contributed by atoms with E-state index in [4.69, 9.17) is 16.3 Å². The maximum absolute atomic E-state index is 10.7. The first kappa shape index (κ1) is 16.4. The highest BCUT2D eigenvalue weighted by atomic mass is 35.5. The number of aliphatic imine (C=N–C) groups is 1. The predicted molar refractivity (Wildman–Crippen MR) is 77.9 cm³/mol. The van der Waals surface area contributed by atoms with Gasteiger partial charge in [-0.15, -0.1) is 0 Å². The Bertz CT molecular complexity index is 503. The second kappa shape index (κ2) is 7.81. The molecule has 0 saturated heterocycles. The van der Waals surface area contributed by atoms with Crippen molar-refractivity contribution >= 4 is 23.5 Å². The van der Waals surface area contributed by atoms with Crippen LogP contribution in [0.2, 0.25) is 5.02 Å². The molecule has 6 nitrogen and oxygen atoms in total. The SMILES string of the molecule is CC(C)OCCCN=Cc1cc(Cl)cc([N+](=O)[O-])c1O. The molecule has 0 heterocycles. The van der Waals surface area contributed by atoms with Crippen molar-refractivity contribution in [3.8, 4) is 5.75 Å². The van der Waals surface area contributed by atoms with Crippen molar-refractivity contribution in [1.82, 2.24) is 0 Å². The van der Waals surface area contributed by atoms with Crippen LogP contribution in [0.4, 0.5) is 5.69 Å². The first-order valence-electron chi connectivity index (χ1n) is 6.20. The summed E-state index contributed by atoms with van der Waals surface area (Å²) in [6.07, 6.45) is 2.29. The first-order chi connectivity index (χ1) is 9.41. The number of nitrogens with zero attached hydrogens (tertiary/aromatic N) is 2. The Hall–Kier alpha value is -1.66. The smallest absolute Gasteiger partial charge is 0.312 e. The molecule has 0 atom stereocenters. The molecule has 0 amide bonds. The van der Waals surface area contributed by atoms with Gasteiger partial charge < -0.3 is 9.84 Å². The fourth-order valence-corrected chi connectivity index (χ4v) is 1.70. The summed E-state index contributed by atoms with van der Waals surface area (Å²) >= 11 is 5.77. The van der Waals surface area contributed by atoms with E-state index in [2.05, 4.69) is 4.99 Å². The van der Waals surface area contributed by atoms with Gasteiger partial charge in [-0.3, -0.25) is 15.1 Å². The van der Waals surface area contributed by atoms with Crippen LogP contribution in [0.1, 0.15) is 25.8 Å². The van der Waals surface area contributed by atoms with Crippen LogP contribution in [0.3, 0.4) is 0 Å². The molecule has 1 aromatic rings. The third-order valence-corrected chi connectivity index (χ3v) is 2.61. The van der Waals surface area contributed by atoms with Crippen LogP contribution in [0.5, 0.6) is 5.75 Å². The van der Waals surface area contributed by atoms with Gasteiger partial charge in [0.2, 0.25) is 5.75 Å². The molecule has 0 aliphatic rings. The summed E-state index contributed by atoms with van der Waals surface area (Å²) in [5.74, 6) is -0.429. The van der Waals surface area contributed by atoms with Gasteiger partial charge in [-0.1, -0.05) is 11.6 Å². The number of benzene rings is 1. The molecule has 1 N–H and O–H groups in total. The summed E-state index contributed by atoms with van der Waals surface area (Å²) in [6, 6.07) is 2.53. The van der Waals surface area contributed by atoms with E-state index < -0.39 is 16.4 Å². The number of nitro groups is 1. The quantitative estimate of drug-likeness (QED) is 0.363. The fourth-order valence-electron chi connectivity index (χ4n) is 1.48. The molecule has 0 fully saturated rings. The highest BCUT2D eigenvalue weighted by molar-refractivity contribution is 6.31. The van der Waals surface area contributed by atoms with Crippen LogP contribution >= 0.6 is 11.6 Å². The van der Waals surface area contributed by atoms with E-state index in [1.807, 2.05) is 13.8 Å². The van der Waals surface area contributed by atoms with Crippen LogP contribution in [0, 0.1) is 10.1 Å². The minimum atomic E-state index is -0.685. The zero-order chi connectivity index (χ0) is 15.1. The van der Waals surface area contributed by atoms with Crippen molar-refractivity contribution < 1.29 is 14.8 Å². The van der Waals surface area contributed by atoms with Gasteiger partial charge in [0.05, 0.1) is 11.0 Å². The normalized spacial score (nSPS) is 11.4. The van der Waals surface area contributed by atoms with E-state index >= 15 is 0 Å². The van der Waals surface area contributed by atoms with E-state index in [1.54, 1.807) is 0 Å². The van der Waals surface area contributed by atoms with Gasteiger partial charge in [-0.25, -0.2) is 0 Å². The fraction of sp³-hybridized carbons (Fsp3) is 0.462. The molecular weight excluding hydrogens is 284 g/mol. The molecule has 0 unspecified atom stereocenters. The van der Waals surface area contributed by atoms with Crippen LogP contribution in [-0.2, 0) is 4.74 Å². The minimum Gasteiger partial charge on any atom is -0.502 e. The van der Waals surface area contributed by atoms with E-state index in [-0.39, 0.29) is 16.7 Å². The Balaban J connectivity index is 2.65. The number of aromatic hydroxyl groups is 1. The number of phenolic OH excluding ortho intramolecular Hbond substituents is 1. The molecule has 7 heteroatoms. The highest BCUT2D eigenvalue weighted by Gasteiger charge is 2.17. The number of nitro benzene ring substituents is 1. The minimum absolute atomic E-state index is 0.179. The predicted octanol–water partition coefficient (Wildman–Crippen LogP) is 3.19. The summed E-state index contributed by atoms with van der Waals surface area (Å²) in [6.45, 7) is 5.00. The highest BCUT2D eigenvalue weighted by Crippen LogP contribution is 2.32. The third-order valence-electron chi connectivity index (χ3n) is 2.39. The summed E-state index contributed by atoms with van der Waals surface area (Å²) in [7, 11) is 0. The maximum atomic E-state index is 10.7. The molecule has 1 rings (SSSR count). The molecule has 0 radical (unpaired) electrons. The van der Waals surface area contributed by atoms with Gasteiger partial charge in [0.25, 0.3) is 0 Å². The molecule has 0 aliphatic carbocycles. The Labute approximate surface area is 122 Å². The maximum Gasteiger partial charge on any atom is 0.312 e. The van der Waals surface area contributed by atoms with E-state index in [9.17, 15) is 15.2 Å². The average Bonchev–Trinajstić information content (AvgIpc) is 2.36. The standard InChI is InChI=1S/C13H17ClN2O4/c1-9(2)20-5-3-4-15-8-10-6-11(14)7-12(13(10)17)16(18)19/h6-9,17H,3-5H2,1-2H3. The van der Waals surface area contributed by atoms with E-state index in [1.165, 1.54) is 12.3 Å². The van der Waals surface area contributed by atoms with E-state index in [0.717, 1.165) is 12.5 Å². The lowest BCUT2D eigenvalue weighted by molar-refractivity contribution is -0.385. The zero-order valence-corrected chi connectivity index (χ0v) is 12.1. The summed E-state index contributed by atoms with van der Waals surface area (Å²) in [5, 5.41) is 20.7. The lowest BCUT2D eigenvalue weighted by atomic mass is 10.2. The summed E-state index contributed by atoms with van der Waals surface area (Å²) in [5.41, 5.74) is -0.198. The lowest BCUT2D eigenvalue weighted by Crippen LogP contribution is -2.04. The monoisotopic (exact) mass is 300 g/mol. The number of hydrogen-bond acceptors (Lipinski definition) is 5. The Morgan fingerprint density at radius 2 is 2.25 bits per heavy atom. The van der Waals surface area contributed by atoms with Crippen molar-refractivity contribution in [2.75, 3.05) is 13.2 Å². The van der Waals surface area contributed by atoms with Crippen molar-refractivity contribution in [1.29, 1.82) is 0 Å². The largest absolute Gasteiger partial charge is 0.502 e. The zero-order valence-electron chi connectivity index (χ0n) is 11.4. The van der Waals surface area contributed by atoms with Crippen molar-refractivity contribution in [2.45, 2.75) is 26.4 Å². The number of halogens is 1. The van der Waals surface area contributed by atoms with Crippen molar-refractivity contribution in [2.24, 2.45) is 4.99 Å². The van der Waals surface area contributed by atoms with E-state index in [0.29, 0.717) is 13.2 Å². The number of phenols is 1. The van der Waals surface area contributed by atoms with Crippen molar-refractivity contribution in [3.63, 3.8) is 0 Å². The molecule has 20 heavy (non-hydrogen) atoms. The topological polar surface area (TPSA) is 85.0 Å². The van der Waals surface area contributed by atoms with Crippen LogP contribution < -0.4 is 0 Å². The van der Waals surface area contributed by atoms with Crippen molar-refractivity contribution in [3.05, 3.63) is 32.8 Å². The van der Waals surface area contributed by atoms with Gasteiger partial charge in [0, 0.05) is 36.0 Å². The number of hydrogen-bond donors (Lipinski definition) is 1. The van der Waals surface area contributed by atoms with Crippen LogP contribution in [0.25, 0.3) is 0 Å². The van der Waals surface area contributed by atoms with Crippen LogP contribution in [0.15, 0.2) is 17.1 Å². The molecule has 0 spiro atoms. The molecule has 110 valence electrons. The molecule has 1 aromatic carbocycles. The first-order valence-corrected chi connectivity index (χ1v) is 6.58. The van der Waals surface area contributed by atoms with Gasteiger partial charge >= 0.3 is 5.69 Å². The third kappa shape index (κ3) is 5.14. The Kier molecular flexibility index (Phi) is 6.41. The van der Waals surface area contributed by atoms with Crippen LogP contribution in [-0.4, -0.2) is 35.5 Å². The summed E-state index contributed by atoms with van der Waals surface area (Å²) < 4.78 is 5.35. The number of ether oxygens (including phenoxy) is 1. The molecular formula is C13H17ClN2O4. The second-order valence-electron chi connectivity index (χ2n) is 4.43. The van der Waals surface area contributed by atoms with Gasteiger partial charge in [0.15, 0.2) is 0 Å². The molecule has 0 aromatic heterocycles. The molecule has 0 saturated carbocycles.